The normalized spacial score (nSPS) is 24.4. The first-order valence-corrected chi connectivity index (χ1v) is 11.6. The van der Waals surface area contributed by atoms with Crippen molar-refractivity contribution in [1.82, 2.24) is 15.1 Å². The van der Waals surface area contributed by atoms with Gasteiger partial charge in [-0.2, -0.15) is 5.26 Å². The Balaban J connectivity index is 0.000000181. The molecule has 180 valence electrons. The molecule has 32 heavy (non-hydrogen) atoms. The summed E-state index contributed by atoms with van der Waals surface area (Å²) in [5, 5.41) is 20.0. The minimum Gasteiger partial charge on any atom is -0.465 e. The van der Waals surface area contributed by atoms with E-state index in [2.05, 4.69) is 10.2 Å². The fraction of sp³-hybridized carbons (Fsp3) is 0.864. The van der Waals surface area contributed by atoms with Gasteiger partial charge in [-0.3, -0.25) is 4.79 Å². The Hall–Kier alpha value is -1.99. The third-order valence-electron chi connectivity index (χ3n) is 7.04. The van der Waals surface area contributed by atoms with Gasteiger partial charge in [0.05, 0.1) is 12.1 Å². The average Bonchev–Trinajstić information content (AvgIpc) is 3.61. The molecule has 1 atom stereocenters. The number of amides is 2. The van der Waals surface area contributed by atoms with Crippen LogP contribution in [0.25, 0.3) is 0 Å². The van der Waals surface area contributed by atoms with E-state index in [0.717, 1.165) is 19.1 Å². The van der Waals surface area contributed by atoms with Crippen molar-refractivity contribution < 1.29 is 23.5 Å². The van der Waals surface area contributed by atoms with E-state index in [1.807, 2.05) is 6.07 Å². The molecule has 4 aliphatic rings. The van der Waals surface area contributed by atoms with Gasteiger partial charge in [0.15, 0.2) is 0 Å². The Morgan fingerprint density at radius 3 is 2.28 bits per heavy atom. The van der Waals surface area contributed by atoms with Crippen LogP contribution < -0.4 is 11.1 Å². The molecule has 2 aliphatic carbocycles. The highest BCUT2D eigenvalue weighted by atomic mass is 19.3. The maximum absolute atomic E-state index is 13.2. The summed E-state index contributed by atoms with van der Waals surface area (Å²) in [6.07, 6.45) is 4.93. The van der Waals surface area contributed by atoms with Crippen molar-refractivity contribution in [1.29, 1.82) is 5.26 Å². The van der Waals surface area contributed by atoms with Crippen LogP contribution in [0.3, 0.4) is 0 Å². The van der Waals surface area contributed by atoms with Gasteiger partial charge in [0.1, 0.15) is 5.54 Å². The number of likely N-dealkylation sites (tertiary alicyclic amines) is 2. The standard InChI is InChI=1S/C11H17F2N3O.C11H18N2O2/c1-2-3-11(12,13)6-8(15)9(17)16-10(7-14)4-5-10;14-10(15)13-7-11(8-13)3-5-12(6-4-11)9-1-2-9/h8H,2-6,15H2,1H3,(H,16,17);9H,1-8H2,(H,14,15)/t8-;/m0./s1. The summed E-state index contributed by atoms with van der Waals surface area (Å²) in [4.78, 5) is 26.4. The first-order chi connectivity index (χ1) is 15.0. The summed E-state index contributed by atoms with van der Waals surface area (Å²) < 4.78 is 26.5. The summed E-state index contributed by atoms with van der Waals surface area (Å²) in [5.74, 6) is -3.59. The number of carbonyl (C=O) groups excluding carboxylic acids is 1. The van der Waals surface area contributed by atoms with E-state index in [4.69, 9.17) is 16.1 Å². The van der Waals surface area contributed by atoms with E-state index in [1.54, 1.807) is 11.8 Å². The second-order valence-electron chi connectivity index (χ2n) is 10.0. The third kappa shape index (κ3) is 6.29. The lowest BCUT2D eigenvalue weighted by atomic mass is 9.72. The number of hydrogen-bond acceptors (Lipinski definition) is 5. The lowest BCUT2D eigenvalue weighted by molar-refractivity contribution is -0.125. The van der Waals surface area contributed by atoms with Crippen LogP contribution in [0.4, 0.5) is 13.6 Å². The van der Waals surface area contributed by atoms with Crippen molar-refractivity contribution in [2.24, 2.45) is 11.1 Å². The molecule has 8 nitrogen and oxygen atoms in total. The number of alkyl halides is 2. The SMILES string of the molecule is CCCC(F)(F)C[C@H](N)C(=O)NC1(C#N)CC1.O=C(O)N1CC2(CCN(C3CC3)CC2)C1. The van der Waals surface area contributed by atoms with Crippen LogP contribution in [0.5, 0.6) is 0 Å². The molecule has 0 aromatic rings. The fourth-order valence-electron chi connectivity index (χ4n) is 4.62. The van der Waals surface area contributed by atoms with Crippen LogP contribution >= 0.6 is 0 Å². The zero-order chi connectivity index (χ0) is 23.6. The van der Waals surface area contributed by atoms with Crippen LogP contribution in [0, 0.1) is 16.7 Å². The van der Waals surface area contributed by atoms with Crippen molar-refractivity contribution in [2.45, 2.75) is 88.3 Å². The highest BCUT2D eigenvalue weighted by molar-refractivity contribution is 5.83. The predicted octanol–water partition coefficient (Wildman–Crippen LogP) is 2.54. The number of hydrogen-bond donors (Lipinski definition) is 3. The highest BCUT2D eigenvalue weighted by Crippen LogP contribution is 2.42. The maximum Gasteiger partial charge on any atom is 0.407 e. The van der Waals surface area contributed by atoms with Crippen LogP contribution in [0.15, 0.2) is 0 Å². The molecule has 2 saturated heterocycles. The molecule has 2 heterocycles. The zero-order valence-corrected chi connectivity index (χ0v) is 18.8. The van der Waals surface area contributed by atoms with Gasteiger partial charge in [0.2, 0.25) is 11.8 Å². The van der Waals surface area contributed by atoms with E-state index in [1.165, 1.54) is 38.8 Å². The molecule has 2 saturated carbocycles. The molecule has 0 unspecified atom stereocenters. The third-order valence-corrected chi connectivity index (χ3v) is 7.04. The molecule has 2 aliphatic heterocycles. The summed E-state index contributed by atoms with van der Waals surface area (Å²) in [7, 11) is 0. The molecule has 0 aromatic heterocycles. The maximum atomic E-state index is 13.2. The number of halogens is 2. The molecule has 0 aromatic carbocycles. The summed E-state index contributed by atoms with van der Waals surface area (Å²) in [6.45, 7) is 5.59. The summed E-state index contributed by atoms with van der Waals surface area (Å²) in [6, 6.07) is 1.56. The predicted molar refractivity (Wildman–Crippen MR) is 114 cm³/mol. The quantitative estimate of drug-likeness (QED) is 0.542. The largest absolute Gasteiger partial charge is 0.465 e. The number of carbonyl (C=O) groups is 2. The lowest BCUT2D eigenvalue weighted by Crippen LogP contribution is -2.61. The zero-order valence-electron chi connectivity index (χ0n) is 18.8. The molecule has 4 rings (SSSR count). The smallest absolute Gasteiger partial charge is 0.407 e. The van der Waals surface area contributed by atoms with Gasteiger partial charge < -0.3 is 26.0 Å². The number of nitrogens with zero attached hydrogens (tertiary/aromatic N) is 3. The first-order valence-electron chi connectivity index (χ1n) is 11.6. The van der Waals surface area contributed by atoms with Gasteiger partial charge in [-0.1, -0.05) is 13.3 Å². The van der Waals surface area contributed by atoms with Crippen molar-refractivity contribution in [3.63, 3.8) is 0 Å². The van der Waals surface area contributed by atoms with E-state index in [0.29, 0.717) is 24.7 Å². The van der Waals surface area contributed by atoms with Gasteiger partial charge in [0.25, 0.3) is 0 Å². The van der Waals surface area contributed by atoms with E-state index < -0.39 is 35.9 Å². The van der Waals surface area contributed by atoms with Gasteiger partial charge >= 0.3 is 6.09 Å². The van der Waals surface area contributed by atoms with Gasteiger partial charge in [0, 0.05) is 37.4 Å². The number of nitrogens with one attached hydrogen (secondary N) is 1. The molecule has 10 heteroatoms. The van der Waals surface area contributed by atoms with E-state index in [9.17, 15) is 18.4 Å². The van der Waals surface area contributed by atoms with Crippen molar-refractivity contribution in [3.05, 3.63) is 0 Å². The molecule has 4 fully saturated rings. The van der Waals surface area contributed by atoms with Crippen LogP contribution in [0.1, 0.15) is 64.7 Å². The van der Waals surface area contributed by atoms with Gasteiger partial charge in [-0.05, 0) is 51.6 Å². The minimum atomic E-state index is -2.92. The molecular weight excluding hydrogens is 420 g/mol. The molecular formula is C22H35F2N5O3. The van der Waals surface area contributed by atoms with Crippen molar-refractivity contribution in [2.75, 3.05) is 26.2 Å². The minimum absolute atomic E-state index is 0.280. The van der Waals surface area contributed by atoms with Gasteiger partial charge in [-0.25, -0.2) is 13.6 Å². The average molecular weight is 456 g/mol. The van der Waals surface area contributed by atoms with Crippen molar-refractivity contribution in [3.8, 4) is 6.07 Å². The summed E-state index contributed by atoms with van der Waals surface area (Å²) in [5.41, 5.74) is 4.92. The van der Waals surface area contributed by atoms with Gasteiger partial charge in [-0.15, -0.1) is 0 Å². The van der Waals surface area contributed by atoms with E-state index >= 15 is 0 Å². The number of piperidine rings is 1. The number of rotatable bonds is 7. The van der Waals surface area contributed by atoms with Crippen LogP contribution in [-0.4, -0.2) is 76.6 Å². The molecule has 1 spiro atoms. The lowest BCUT2D eigenvalue weighted by Gasteiger charge is -2.53. The molecule has 2 amide bonds. The topological polar surface area (TPSA) is 123 Å². The number of nitrogens with two attached hydrogens (primary N) is 1. The molecule has 0 bridgehead atoms. The van der Waals surface area contributed by atoms with Crippen LogP contribution in [-0.2, 0) is 4.79 Å². The van der Waals surface area contributed by atoms with E-state index in [-0.39, 0.29) is 6.42 Å². The highest BCUT2D eigenvalue weighted by Gasteiger charge is 2.48. The summed E-state index contributed by atoms with van der Waals surface area (Å²) >= 11 is 0. The number of nitriles is 1. The van der Waals surface area contributed by atoms with Crippen molar-refractivity contribution >= 4 is 12.0 Å². The Morgan fingerprint density at radius 2 is 1.84 bits per heavy atom. The Kier molecular flexibility index (Phi) is 7.30. The fourth-order valence-corrected chi connectivity index (χ4v) is 4.62. The molecule has 0 radical (unpaired) electrons. The number of carboxylic acid groups (broad SMARTS) is 1. The molecule has 4 N–H and O–H groups in total. The Morgan fingerprint density at radius 1 is 1.25 bits per heavy atom. The Labute approximate surface area is 188 Å². The second kappa shape index (κ2) is 9.48. The first kappa shape index (κ1) is 24.6. The Bertz CT molecular complexity index is 732. The second-order valence-corrected chi connectivity index (χ2v) is 10.0. The monoisotopic (exact) mass is 455 g/mol. The van der Waals surface area contributed by atoms with Crippen LogP contribution in [0.2, 0.25) is 0 Å².